The monoisotopic (exact) mass is 352 g/mol. The number of aryl methyl sites for hydroxylation is 1. The molecule has 7 heteroatoms. The highest BCUT2D eigenvalue weighted by atomic mass is 16.5. The second kappa shape index (κ2) is 6.67. The number of benzene rings is 1. The van der Waals surface area contributed by atoms with Gasteiger partial charge >= 0.3 is 0 Å². The lowest BCUT2D eigenvalue weighted by atomic mass is 10.2. The molecule has 2 aromatic heterocycles. The number of nitrogens with zero attached hydrogens (tertiary/aromatic N) is 3. The molecule has 1 unspecified atom stereocenters. The maximum atomic E-state index is 12.8. The molecular formula is C19H20N4O3. The number of hydrogen-bond acceptors (Lipinski definition) is 5. The number of H-pyrrole nitrogens is 1. The number of likely N-dealkylation sites (tertiary alicyclic amines) is 1. The maximum absolute atomic E-state index is 12.8. The second-order valence-corrected chi connectivity index (χ2v) is 6.43. The molecule has 1 aromatic carbocycles. The summed E-state index contributed by atoms with van der Waals surface area (Å²) in [5, 5.41) is 8.99. The minimum atomic E-state index is -0.0690. The molecule has 1 aliphatic rings. The second-order valence-electron chi connectivity index (χ2n) is 6.43. The van der Waals surface area contributed by atoms with E-state index >= 15 is 0 Å². The zero-order valence-corrected chi connectivity index (χ0v) is 14.7. The summed E-state index contributed by atoms with van der Waals surface area (Å²) in [6, 6.07) is 11.2. The summed E-state index contributed by atoms with van der Waals surface area (Å²) >= 11 is 0. The van der Waals surface area contributed by atoms with E-state index in [2.05, 4.69) is 15.2 Å². The van der Waals surface area contributed by atoms with Crippen molar-refractivity contribution in [3.8, 4) is 11.6 Å². The van der Waals surface area contributed by atoms with Crippen LogP contribution >= 0.6 is 0 Å². The van der Waals surface area contributed by atoms with Gasteiger partial charge in [-0.15, -0.1) is 5.10 Å². The highest BCUT2D eigenvalue weighted by molar-refractivity contribution is 5.98. The van der Waals surface area contributed by atoms with Crippen molar-refractivity contribution in [3.63, 3.8) is 0 Å². The molecule has 134 valence electrons. The summed E-state index contributed by atoms with van der Waals surface area (Å²) in [7, 11) is 1.62. The number of nitrogens with one attached hydrogen (secondary N) is 1. The number of rotatable bonds is 4. The third-order valence-corrected chi connectivity index (χ3v) is 4.55. The van der Waals surface area contributed by atoms with Crippen LogP contribution in [-0.2, 0) is 0 Å². The normalized spacial score (nSPS) is 16.8. The first-order valence-corrected chi connectivity index (χ1v) is 8.55. The Balaban J connectivity index is 1.44. The van der Waals surface area contributed by atoms with Crippen LogP contribution in [0.4, 0.5) is 0 Å². The van der Waals surface area contributed by atoms with Gasteiger partial charge in [0.1, 0.15) is 17.5 Å². The van der Waals surface area contributed by atoms with E-state index in [1.54, 1.807) is 18.1 Å². The number of ether oxygens (including phenoxy) is 2. The van der Waals surface area contributed by atoms with E-state index in [1.807, 2.05) is 37.3 Å². The molecule has 0 spiro atoms. The summed E-state index contributed by atoms with van der Waals surface area (Å²) < 4.78 is 11.1. The Kier molecular flexibility index (Phi) is 4.20. The molecule has 3 heterocycles. The zero-order valence-electron chi connectivity index (χ0n) is 14.7. The minimum absolute atomic E-state index is 0.0266. The number of aromatic nitrogens is 3. The van der Waals surface area contributed by atoms with Gasteiger partial charge in [-0.2, -0.15) is 5.10 Å². The van der Waals surface area contributed by atoms with Crippen LogP contribution in [-0.4, -0.2) is 52.3 Å². The zero-order chi connectivity index (χ0) is 18.1. The van der Waals surface area contributed by atoms with Crippen molar-refractivity contribution < 1.29 is 14.3 Å². The molecule has 1 saturated heterocycles. The van der Waals surface area contributed by atoms with E-state index in [4.69, 9.17) is 9.47 Å². The van der Waals surface area contributed by atoms with Gasteiger partial charge in [-0.25, -0.2) is 0 Å². The molecule has 1 fully saturated rings. The number of methoxy groups -OCH3 is 1. The van der Waals surface area contributed by atoms with Crippen LogP contribution in [0.5, 0.6) is 11.6 Å². The van der Waals surface area contributed by atoms with E-state index in [9.17, 15) is 4.79 Å². The average molecular weight is 352 g/mol. The standard InChI is InChI=1S/C19H20N4O3/c1-12-3-6-18(22-21-12)26-15-7-8-23(11-15)19(24)17-9-13-4-5-14(25-2)10-16(13)20-17/h3-6,9-10,15,20H,7-8,11H2,1-2H3. The van der Waals surface area contributed by atoms with E-state index in [0.717, 1.165) is 28.8 Å². The third-order valence-electron chi connectivity index (χ3n) is 4.55. The molecule has 4 rings (SSSR count). The largest absolute Gasteiger partial charge is 0.497 e. The molecule has 1 aliphatic heterocycles. The molecule has 1 atom stereocenters. The fourth-order valence-corrected chi connectivity index (χ4v) is 3.15. The molecule has 1 N–H and O–H groups in total. The number of aromatic amines is 1. The van der Waals surface area contributed by atoms with Crippen molar-refractivity contribution >= 4 is 16.8 Å². The Morgan fingerprint density at radius 3 is 2.88 bits per heavy atom. The number of carbonyl (C=O) groups is 1. The number of hydrogen-bond donors (Lipinski definition) is 1. The average Bonchev–Trinajstić information content (AvgIpc) is 3.29. The SMILES string of the molecule is COc1ccc2cc(C(=O)N3CCC(Oc4ccc(C)nn4)C3)[nH]c2c1. The molecule has 0 radical (unpaired) electrons. The third kappa shape index (κ3) is 3.20. The van der Waals surface area contributed by atoms with Crippen LogP contribution in [0.3, 0.4) is 0 Å². The van der Waals surface area contributed by atoms with Crippen molar-refractivity contribution in [1.82, 2.24) is 20.1 Å². The molecule has 3 aromatic rings. The van der Waals surface area contributed by atoms with Gasteiger partial charge in [-0.3, -0.25) is 4.79 Å². The Bertz CT molecular complexity index is 936. The smallest absolute Gasteiger partial charge is 0.270 e. The number of amides is 1. The predicted molar refractivity (Wildman–Crippen MR) is 96.6 cm³/mol. The van der Waals surface area contributed by atoms with Crippen molar-refractivity contribution in [2.45, 2.75) is 19.4 Å². The summed E-state index contributed by atoms with van der Waals surface area (Å²) in [5.41, 5.74) is 2.30. The predicted octanol–water partition coefficient (Wildman–Crippen LogP) is 2.57. The lowest BCUT2D eigenvalue weighted by Gasteiger charge is -2.16. The lowest BCUT2D eigenvalue weighted by molar-refractivity contribution is 0.0766. The van der Waals surface area contributed by atoms with Gasteiger partial charge in [0.15, 0.2) is 0 Å². The molecule has 0 bridgehead atoms. The quantitative estimate of drug-likeness (QED) is 0.780. The van der Waals surface area contributed by atoms with Crippen molar-refractivity contribution in [2.75, 3.05) is 20.2 Å². The first-order valence-electron chi connectivity index (χ1n) is 8.55. The van der Waals surface area contributed by atoms with Crippen LogP contribution < -0.4 is 9.47 Å². The Morgan fingerprint density at radius 2 is 2.12 bits per heavy atom. The highest BCUT2D eigenvalue weighted by Crippen LogP contribution is 2.23. The van der Waals surface area contributed by atoms with Crippen LogP contribution in [0.15, 0.2) is 36.4 Å². The van der Waals surface area contributed by atoms with Crippen LogP contribution in [0.1, 0.15) is 22.6 Å². The maximum Gasteiger partial charge on any atom is 0.270 e. The molecule has 0 saturated carbocycles. The van der Waals surface area contributed by atoms with Gasteiger partial charge in [0.2, 0.25) is 5.88 Å². The molecular weight excluding hydrogens is 332 g/mol. The molecule has 7 nitrogen and oxygen atoms in total. The Hall–Kier alpha value is -3.09. The Morgan fingerprint density at radius 1 is 1.23 bits per heavy atom. The van der Waals surface area contributed by atoms with E-state index in [0.29, 0.717) is 24.7 Å². The summed E-state index contributed by atoms with van der Waals surface area (Å²) in [6.45, 7) is 3.07. The Labute approximate surface area is 150 Å². The molecule has 26 heavy (non-hydrogen) atoms. The fourth-order valence-electron chi connectivity index (χ4n) is 3.15. The number of fused-ring (bicyclic) bond motifs is 1. The topological polar surface area (TPSA) is 80.3 Å². The lowest BCUT2D eigenvalue weighted by Crippen LogP contribution is -2.31. The summed E-state index contributed by atoms with van der Waals surface area (Å²) in [4.78, 5) is 17.8. The van der Waals surface area contributed by atoms with E-state index < -0.39 is 0 Å². The van der Waals surface area contributed by atoms with Gasteiger partial charge in [0.05, 0.1) is 19.3 Å². The molecule has 0 aliphatic carbocycles. The first kappa shape index (κ1) is 16.4. The van der Waals surface area contributed by atoms with Crippen LogP contribution in [0.25, 0.3) is 10.9 Å². The number of carbonyl (C=O) groups excluding carboxylic acids is 1. The van der Waals surface area contributed by atoms with Crippen LogP contribution in [0.2, 0.25) is 0 Å². The highest BCUT2D eigenvalue weighted by Gasteiger charge is 2.29. The minimum Gasteiger partial charge on any atom is -0.497 e. The summed E-state index contributed by atoms with van der Waals surface area (Å²) in [6.07, 6.45) is 0.704. The van der Waals surface area contributed by atoms with Gasteiger partial charge in [-0.05, 0) is 31.2 Å². The van der Waals surface area contributed by atoms with Crippen molar-refractivity contribution in [1.29, 1.82) is 0 Å². The van der Waals surface area contributed by atoms with Gasteiger partial charge in [-0.1, -0.05) is 0 Å². The summed E-state index contributed by atoms with van der Waals surface area (Å²) in [5.74, 6) is 1.22. The first-order chi connectivity index (χ1) is 12.6. The van der Waals surface area contributed by atoms with Gasteiger partial charge in [0, 0.05) is 36.0 Å². The van der Waals surface area contributed by atoms with Crippen molar-refractivity contribution in [3.05, 3.63) is 47.8 Å². The van der Waals surface area contributed by atoms with E-state index in [-0.39, 0.29) is 12.0 Å². The van der Waals surface area contributed by atoms with Crippen molar-refractivity contribution in [2.24, 2.45) is 0 Å². The van der Waals surface area contributed by atoms with Crippen LogP contribution in [0, 0.1) is 6.92 Å². The van der Waals surface area contributed by atoms with E-state index in [1.165, 1.54) is 0 Å². The van der Waals surface area contributed by atoms with Gasteiger partial charge in [0.25, 0.3) is 5.91 Å². The fraction of sp³-hybridized carbons (Fsp3) is 0.316. The van der Waals surface area contributed by atoms with Gasteiger partial charge < -0.3 is 19.4 Å². The molecule has 1 amide bonds.